The van der Waals surface area contributed by atoms with Gasteiger partial charge in [0.1, 0.15) is 17.6 Å². The standard InChI is InChI=1S/C23H29ClN2O3/c1-3-22(29-20-10-6-18(24)7-11-20)23(27)25-16-17-4-8-19(9-5-17)28-21-12-14-26(2)15-13-21/h4-11,21-22H,3,12-16H2,1-2H3,(H,25,27)/t22-/m0/s1. The first-order chi connectivity index (χ1) is 14.0. The van der Waals surface area contributed by atoms with Crippen LogP contribution in [0.1, 0.15) is 31.7 Å². The molecule has 1 amide bonds. The zero-order chi connectivity index (χ0) is 20.6. The van der Waals surface area contributed by atoms with Gasteiger partial charge in [-0.15, -0.1) is 0 Å². The second kappa shape index (κ2) is 10.5. The maximum absolute atomic E-state index is 12.5. The Labute approximate surface area is 177 Å². The van der Waals surface area contributed by atoms with Crippen LogP contribution in [0.2, 0.25) is 5.02 Å². The van der Waals surface area contributed by atoms with Crippen LogP contribution in [0.3, 0.4) is 0 Å². The minimum atomic E-state index is -0.539. The lowest BCUT2D eigenvalue weighted by Gasteiger charge is -2.29. The molecule has 0 saturated carbocycles. The van der Waals surface area contributed by atoms with Crippen molar-refractivity contribution in [2.75, 3.05) is 20.1 Å². The third-order valence-corrected chi connectivity index (χ3v) is 5.37. The van der Waals surface area contributed by atoms with Crippen LogP contribution in [0, 0.1) is 0 Å². The van der Waals surface area contributed by atoms with Gasteiger partial charge in [-0.1, -0.05) is 30.7 Å². The molecule has 29 heavy (non-hydrogen) atoms. The van der Waals surface area contributed by atoms with Gasteiger partial charge in [-0.25, -0.2) is 0 Å². The highest BCUT2D eigenvalue weighted by Gasteiger charge is 2.19. The van der Waals surface area contributed by atoms with Crippen molar-refractivity contribution >= 4 is 17.5 Å². The molecular formula is C23H29ClN2O3. The topological polar surface area (TPSA) is 50.8 Å². The summed E-state index contributed by atoms with van der Waals surface area (Å²) < 4.78 is 11.9. The predicted octanol–water partition coefficient (Wildman–Crippen LogP) is 4.29. The van der Waals surface area contributed by atoms with Gasteiger partial charge in [-0.05, 0) is 68.3 Å². The Balaban J connectivity index is 1.46. The number of benzene rings is 2. The number of carbonyl (C=O) groups is 1. The number of carbonyl (C=O) groups excluding carboxylic acids is 1. The van der Waals surface area contributed by atoms with Gasteiger partial charge in [0.2, 0.25) is 0 Å². The summed E-state index contributed by atoms with van der Waals surface area (Å²) in [6, 6.07) is 15.0. The summed E-state index contributed by atoms with van der Waals surface area (Å²) >= 11 is 5.89. The molecule has 1 heterocycles. The van der Waals surface area contributed by atoms with Gasteiger partial charge in [-0.3, -0.25) is 4.79 Å². The number of hydrogen-bond donors (Lipinski definition) is 1. The molecule has 1 fully saturated rings. The van der Waals surface area contributed by atoms with Crippen molar-refractivity contribution in [3.63, 3.8) is 0 Å². The van der Waals surface area contributed by atoms with Crippen molar-refractivity contribution in [2.24, 2.45) is 0 Å². The molecule has 1 N–H and O–H groups in total. The normalized spacial score (nSPS) is 16.2. The van der Waals surface area contributed by atoms with Crippen molar-refractivity contribution in [1.29, 1.82) is 0 Å². The van der Waals surface area contributed by atoms with Crippen LogP contribution >= 0.6 is 11.6 Å². The Morgan fingerprint density at radius 2 is 1.72 bits per heavy atom. The number of nitrogens with zero attached hydrogens (tertiary/aromatic N) is 1. The van der Waals surface area contributed by atoms with Crippen LogP contribution in [-0.2, 0) is 11.3 Å². The van der Waals surface area contributed by atoms with E-state index in [0.29, 0.717) is 23.7 Å². The predicted molar refractivity (Wildman–Crippen MR) is 116 cm³/mol. The molecule has 2 aromatic carbocycles. The summed E-state index contributed by atoms with van der Waals surface area (Å²) in [5.74, 6) is 1.38. The third kappa shape index (κ3) is 6.65. The minimum Gasteiger partial charge on any atom is -0.490 e. The molecule has 3 rings (SSSR count). The van der Waals surface area contributed by atoms with Crippen molar-refractivity contribution in [1.82, 2.24) is 10.2 Å². The molecule has 2 aromatic rings. The molecule has 0 spiro atoms. The maximum Gasteiger partial charge on any atom is 0.261 e. The second-order valence-corrected chi connectivity index (χ2v) is 7.89. The molecule has 1 atom stereocenters. The lowest BCUT2D eigenvalue weighted by atomic mass is 10.1. The van der Waals surface area contributed by atoms with Gasteiger partial charge >= 0.3 is 0 Å². The summed E-state index contributed by atoms with van der Waals surface area (Å²) in [5.41, 5.74) is 1.02. The van der Waals surface area contributed by atoms with Crippen LogP contribution in [0.25, 0.3) is 0 Å². The lowest BCUT2D eigenvalue weighted by molar-refractivity contribution is -0.128. The van der Waals surface area contributed by atoms with Crippen molar-refractivity contribution in [2.45, 2.75) is 44.9 Å². The number of rotatable bonds is 8. The fourth-order valence-electron chi connectivity index (χ4n) is 3.28. The van der Waals surface area contributed by atoms with Gasteiger partial charge in [0, 0.05) is 24.7 Å². The van der Waals surface area contributed by atoms with E-state index < -0.39 is 6.10 Å². The monoisotopic (exact) mass is 416 g/mol. The van der Waals surface area contributed by atoms with Crippen molar-refractivity contribution < 1.29 is 14.3 Å². The highest BCUT2D eigenvalue weighted by atomic mass is 35.5. The molecule has 0 unspecified atom stereocenters. The van der Waals surface area contributed by atoms with E-state index in [9.17, 15) is 4.79 Å². The lowest BCUT2D eigenvalue weighted by Crippen LogP contribution is -2.37. The molecule has 1 saturated heterocycles. The number of piperidine rings is 1. The van der Waals surface area contributed by atoms with Crippen molar-refractivity contribution in [3.05, 3.63) is 59.1 Å². The summed E-state index contributed by atoms with van der Waals surface area (Å²) in [6.45, 7) is 4.53. The van der Waals surface area contributed by atoms with E-state index in [0.717, 1.165) is 37.2 Å². The first-order valence-corrected chi connectivity index (χ1v) is 10.6. The molecule has 1 aliphatic rings. The maximum atomic E-state index is 12.5. The largest absolute Gasteiger partial charge is 0.490 e. The number of amides is 1. The molecule has 0 bridgehead atoms. The van der Waals surface area contributed by atoms with Gasteiger partial charge in [0.05, 0.1) is 0 Å². The van der Waals surface area contributed by atoms with Crippen LogP contribution < -0.4 is 14.8 Å². The second-order valence-electron chi connectivity index (χ2n) is 7.45. The highest BCUT2D eigenvalue weighted by molar-refractivity contribution is 6.30. The Bertz CT molecular complexity index is 772. The fourth-order valence-corrected chi connectivity index (χ4v) is 3.41. The molecule has 0 aromatic heterocycles. The number of halogens is 1. The molecule has 1 aliphatic heterocycles. The molecule has 6 heteroatoms. The Kier molecular flexibility index (Phi) is 7.78. The van der Waals surface area contributed by atoms with Crippen LogP contribution in [0.15, 0.2) is 48.5 Å². The molecule has 5 nitrogen and oxygen atoms in total. The SMILES string of the molecule is CC[C@H](Oc1ccc(Cl)cc1)C(=O)NCc1ccc(OC2CCN(C)CC2)cc1. The smallest absolute Gasteiger partial charge is 0.261 e. The Morgan fingerprint density at radius 3 is 2.34 bits per heavy atom. The Morgan fingerprint density at radius 1 is 1.10 bits per heavy atom. The van der Waals surface area contributed by atoms with Gasteiger partial charge < -0.3 is 19.7 Å². The van der Waals surface area contributed by atoms with E-state index in [1.165, 1.54) is 0 Å². The van der Waals surface area contributed by atoms with Gasteiger partial charge in [0.15, 0.2) is 6.10 Å². The zero-order valence-corrected chi connectivity index (χ0v) is 17.8. The van der Waals surface area contributed by atoms with E-state index in [4.69, 9.17) is 21.1 Å². The van der Waals surface area contributed by atoms with Crippen LogP contribution in [0.4, 0.5) is 0 Å². The average Bonchev–Trinajstić information content (AvgIpc) is 2.74. The number of nitrogens with one attached hydrogen (secondary N) is 1. The number of hydrogen-bond acceptors (Lipinski definition) is 4. The van der Waals surface area contributed by atoms with Crippen LogP contribution in [0.5, 0.6) is 11.5 Å². The zero-order valence-electron chi connectivity index (χ0n) is 17.1. The quantitative estimate of drug-likeness (QED) is 0.697. The average molecular weight is 417 g/mol. The third-order valence-electron chi connectivity index (χ3n) is 5.11. The first kappa shape index (κ1) is 21.5. The van der Waals surface area contributed by atoms with E-state index in [1.807, 2.05) is 31.2 Å². The Hall–Kier alpha value is -2.24. The van der Waals surface area contributed by atoms with Gasteiger partial charge in [-0.2, -0.15) is 0 Å². The van der Waals surface area contributed by atoms with Crippen molar-refractivity contribution in [3.8, 4) is 11.5 Å². The summed E-state index contributed by atoms with van der Waals surface area (Å²) in [7, 11) is 2.14. The van der Waals surface area contributed by atoms with Gasteiger partial charge in [0.25, 0.3) is 5.91 Å². The summed E-state index contributed by atoms with van der Waals surface area (Å²) in [4.78, 5) is 14.8. The first-order valence-electron chi connectivity index (χ1n) is 10.2. The summed E-state index contributed by atoms with van der Waals surface area (Å²) in [6.07, 6.45) is 2.44. The molecule has 0 radical (unpaired) electrons. The molecule has 0 aliphatic carbocycles. The number of ether oxygens (including phenoxy) is 2. The minimum absolute atomic E-state index is 0.130. The van der Waals surface area contributed by atoms with Crippen LogP contribution in [-0.4, -0.2) is 43.2 Å². The molecular weight excluding hydrogens is 388 g/mol. The van der Waals surface area contributed by atoms with E-state index in [2.05, 4.69) is 17.3 Å². The summed E-state index contributed by atoms with van der Waals surface area (Å²) in [5, 5.41) is 3.59. The highest BCUT2D eigenvalue weighted by Crippen LogP contribution is 2.20. The fraction of sp³-hybridized carbons (Fsp3) is 0.435. The van der Waals surface area contributed by atoms with E-state index in [-0.39, 0.29) is 12.0 Å². The van der Waals surface area contributed by atoms with E-state index >= 15 is 0 Å². The number of likely N-dealkylation sites (tertiary alicyclic amines) is 1. The molecule has 156 valence electrons. The van der Waals surface area contributed by atoms with E-state index in [1.54, 1.807) is 24.3 Å².